The number of carbonyl (C=O) groups is 2. The predicted molar refractivity (Wildman–Crippen MR) is 52.4 cm³/mol. The van der Waals surface area contributed by atoms with Crippen LogP contribution in [0, 0.1) is 5.41 Å². The van der Waals surface area contributed by atoms with Gasteiger partial charge in [-0.1, -0.05) is 13.8 Å². The largest absolute Gasteiger partial charge is 0.329 e. The monoisotopic (exact) mass is 193 g/mol. The molecule has 0 aromatic carbocycles. The van der Waals surface area contributed by atoms with Gasteiger partial charge < -0.3 is 5.32 Å². The Kier molecular flexibility index (Phi) is 1.98. The van der Waals surface area contributed by atoms with Crippen LogP contribution in [-0.2, 0) is 9.59 Å². The van der Waals surface area contributed by atoms with Crippen LogP contribution < -0.4 is 5.32 Å². The molecular weight excluding hydrogens is 178 g/mol. The number of amides is 1. The molecule has 0 aromatic heterocycles. The van der Waals surface area contributed by atoms with Crippen molar-refractivity contribution >= 4 is 11.7 Å². The summed E-state index contributed by atoms with van der Waals surface area (Å²) < 4.78 is 0. The summed E-state index contributed by atoms with van der Waals surface area (Å²) in [5, 5.41) is 2.82. The summed E-state index contributed by atoms with van der Waals surface area (Å²) in [6.07, 6.45) is 2.53. The van der Waals surface area contributed by atoms with E-state index in [1.807, 2.05) is 0 Å². The average Bonchev–Trinajstić information content (AvgIpc) is 2.00. The van der Waals surface area contributed by atoms with Gasteiger partial charge in [0.2, 0.25) is 5.91 Å². The number of allylic oxidation sites excluding steroid dienone is 2. The summed E-state index contributed by atoms with van der Waals surface area (Å²) in [7, 11) is 0. The van der Waals surface area contributed by atoms with E-state index in [1.54, 1.807) is 0 Å². The van der Waals surface area contributed by atoms with Crippen LogP contribution in [0.1, 0.15) is 39.5 Å². The number of hydrogen-bond acceptors (Lipinski definition) is 2. The van der Waals surface area contributed by atoms with Gasteiger partial charge in [0.15, 0.2) is 5.78 Å². The van der Waals surface area contributed by atoms with Gasteiger partial charge >= 0.3 is 0 Å². The van der Waals surface area contributed by atoms with Gasteiger partial charge in [0.25, 0.3) is 0 Å². The van der Waals surface area contributed by atoms with E-state index in [1.165, 1.54) is 0 Å². The lowest BCUT2D eigenvalue weighted by molar-refractivity contribution is -0.122. The highest BCUT2D eigenvalue weighted by atomic mass is 16.2. The standard InChI is InChI=1S/C11H15NO2/c1-11(2)5-8-7(9(13)6-11)3-4-10(14)12-8/h3-6H2,1-2H3,(H,12,14). The van der Waals surface area contributed by atoms with Crippen molar-refractivity contribution in [3.63, 3.8) is 0 Å². The van der Waals surface area contributed by atoms with Gasteiger partial charge in [0.1, 0.15) is 0 Å². The van der Waals surface area contributed by atoms with Crippen LogP contribution in [0.4, 0.5) is 0 Å². The Labute approximate surface area is 83.6 Å². The molecule has 14 heavy (non-hydrogen) atoms. The minimum absolute atomic E-state index is 0.000532. The van der Waals surface area contributed by atoms with Crippen LogP contribution >= 0.6 is 0 Å². The van der Waals surface area contributed by atoms with Crippen molar-refractivity contribution in [2.45, 2.75) is 39.5 Å². The number of nitrogens with one attached hydrogen (secondary N) is 1. The molecule has 2 rings (SSSR count). The topological polar surface area (TPSA) is 46.2 Å². The Morgan fingerprint density at radius 1 is 1.14 bits per heavy atom. The molecule has 0 saturated carbocycles. The Hall–Kier alpha value is -1.12. The van der Waals surface area contributed by atoms with E-state index in [0.717, 1.165) is 17.7 Å². The first kappa shape index (κ1) is 9.44. The van der Waals surface area contributed by atoms with Crippen LogP contribution in [0.25, 0.3) is 0 Å². The highest BCUT2D eigenvalue weighted by molar-refractivity contribution is 6.00. The number of Topliss-reactive ketones (excluding diaryl/α,β-unsaturated/α-hetero) is 1. The quantitative estimate of drug-likeness (QED) is 0.634. The lowest BCUT2D eigenvalue weighted by atomic mass is 9.74. The molecule has 1 amide bonds. The molecule has 0 atom stereocenters. The molecule has 0 fully saturated rings. The van der Waals surface area contributed by atoms with Crippen LogP contribution in [0.5, 0.6) is 0 Å². The van der Waals surface area contributed by atoms with E-state index in [9.17, 15) is 9.59 Å². The van der Waals surface area contributed by atoms with Gasteiger partial charge in [-0.05, 0) is 18.3 Å². The van der Waals surface area contributed by atoms with Gasteiger partial charge in [-0.2, -0.15) is 0 Å². The van der Waals surface area contributed by atoms with Gasteiger partial charge in [0.05, 0.1) is 0 Å². The lowest BCUT2D eigenvalue weighted by Crippen LogP contribution is -2.37. The molecule has 3 nitrogen and oxygen atoms in total. The average molecular weight is 193 g/mol. The molecule has 1 heterocycles. The molecule has 0 radical (unpaired) electrons. The zero-order valence-electron chi connectivity index (χ0n) is 8.64. The van der Waals surface area contributed by atoms with E-state index in [-0.39, 0.29) is 17.1 Å². The molecule has 0 bridgehead atoms. The Morgan fingerprint density at radius 2 is 1.86 bits per heavy atom. The maximum Gasteiger partial charge on any atom is 0.224 e. The molecule has 0 aromatic rings. The SMILES string of the molecule is CC1(C)CC(=O)C2=C(C1)NC(=O)CC2. The zero-order valence-corrected chi connectivity index (χ0v) is 8.64. The molecule has 1 aliphatic heterocycles. The number of carbonyl (C=O) groups excluding carboxylic acids is 2. The van der Waals surface area contributed by atoms with Gasteiger partial charge in [-0.3, -0.25) is 9.59 Å². The molecule has 1 aliphatic carbocycles. The highest BCUT2D eigenvalue weighted by Gasteiger charge is 2.35. The number of hydrogen-bond donors (Lipinski definition) is 1. The summed E-state index contributed by atoms with van der Waals surface area (Å²) >= 11 is 0. The summed E-state index contributed by atoms with van der Waals surface area (Å²) in [5.74, 6) is 0.269. The minimum atomic E-state index is 0.000532. The first-order valence-electron chi connectivity index (χ1n) is 5.03. The van der Waals surface area contributed by atoms with E-state index < -0.39 is 0 Å². The summed E-state index contributed by atoms with van der Waals surface area (Å²) in [4.78, 5) is 22.9. The van der Waals surface area contributed by atoms with Crippen molar-refractivity contribution in [3.05, 3.63) is 11.3 Å². The highest BCUT2D eigenvalue weighted by Crippen LogP contribution is 2.38. The van der Waals surface area contributed by atoms with Crippen molar-refractivity contribution in [2.24, 2.45) is 5.41 Å². The Morgan fingerprint density at radius 3 is 2.57 bits per heavy atom. The third-order valence-electron chi connectivity index (χ3n) is 2.89. The molecular formula is C11H15NO2. The third-order valence-corrected chi connectivity index (χ3v) is 2.89. The zero-order chi connectivity index (χ0) is 10.3. The summed E-state index contributed by atoms with van der Waals surface area (Å²) in [5.41, 5.74) is 1.74. The first-order chi connectivity index (χ1) is 6.48. The second kappa shape index (κ2) is 2.94. The summed E-state index contributed by atoms with van der Waals surface area (Å²) in [6.45, 7) is 4.13. The van der Waals surface area contributed by atoms with Crippen LogP contribution in [-0.4, -0.2) is 11.7 Å². The van der Waals surface area contributed by atoms with Crippen molar-refractivity contribution in [2.75, 3.05) is 0 Å². The fourth-order valence-corrected chi connectivity index (χ4v) is 2.24. The molecule has 2 aliphatic rings. The Balaban J connectivity index is 2.33. The molecule has 76 valence electrons. The van der Waals surface area contributed by atoms with E-state index in [4.69, 9.17) is 0 Å². The van der Waals surface area contributed by atoms with Crippen molar-refractivity contribution in [1.29, 1.82) is 0 Å². The molecule has 0 spiro atoms. The fourth-order valence-electron chi connectivity index (χ4n) is 2.24. The van der Waals surface area contributed by atoms with Gasteiger partial charge in [-0.25, -0.2) is 0 Å². The Bertz CT molecular complexity index is 339. The second-order valence-electron chi connectivity index (χ2n) is 4.95. The normalized spacial score (nSPS) is 25.9. The molecule has 1 N–H and O–H groups in total. The molecule has 0 saturated heterocycles. The smallest absolute Gasteiger partial charge is 0.224 e. The van der Waals surface area contributed by atoms with Gasteiger partial charge in [0, 0.05) is 24.1 Å². The van der Waals surface area contributed by atoms with Crippen molar-refractivity contribution in [3.8, 4) is 0 Å². The fraction of sp³-hybridized carbons (Fsp3) is 0.636. The second-order valence-corrected chi connectivity index (χ2v) is 4.95. The van der Waals surface area contributed by atoms with E-state index in [0.29, 0.717) is 19.3 Å². The lowest BCUT2D eigenvalue weighted by Gasteiger charge is -2.34. The van der Waals surface area contributed by atoms with Crippen LogP contribution in [0.3, 0.4) is 0 Å². The van der Waals surface area contributed by atoms with Gasteiger partial charge in [-0.15, -0.1) is 0 Å². The summed E-state index contributed by atoms with van der Waals surface area (Å²) in [6, 6.07) is 0. The first-order valence-corrected chi connectivity index (χ1v) is 5.03. The number of rotatable bonds is 0. The minimum Gasteiger partial charge on any atom is -0.329 e. The third kappa shape index (κ3) is 1.59. The molecule has 0 unspecified atom stereocenters. The number of ketones is 1. The predicted octanol–water partition coefficient (Wildman–Crippen LogP) is 1.54. The van der Waals surface area contributed by atoms with Crippen LogP contribution in [0.15, 0.2) is 11.3 Å². The van der Waals surface area contributed by atoms with Crippen molar-refractivity contribution < 1.29 is 9.59 Å². The van der Waals surface area contributed by atoms with E-state index >= 15 is 0 Å². The van der Waals surface area contributed by atoms with Crippen molar-refractivity contribution in [1.82, 2.24) is 5.32 Å². The maximum absolute atomic E-state index is 11.7. The molecule has 3 heteroatoms. The van der Waals surface area contributed by atoms with E-state index in [2.05, 4.69) is 19.2 Å². The van der Waals surface area contributed by atoms with Crippen LogP contribution in [0.2, 0.25) is 0 Å². The maximum atomic E-state index is 11.7.